The van der Waals surface area contributed by atoms with Crippen LogP contribution in [0.4, 0.5) is 8.78 Å². The Kier molecular flexibility index (Phi) is 4.65. The largest absolute Gasteiger partial charge is 0.234 e. The summed E-state index contributed by atoms with van der Waals surface area (Å²) in [6, 6.07) is 5.56. The summed E-state index contributed by atoms with van der Waals surface area (Å²) in [5.74, 6) is -1.14. The highest BCUT2D eigenvalue weighted by Crippen LogP contribution is 2.70. The summed E-state index contributed by atoms with van der Waals surface area (Å²) < 4.78 is 28.6. The molecule has 1 aromatic carbocycles. The number of benzene rings is 1. The Hall–Kier alpha value is -2.47. The Morgan fingerprint density at radius 3 is 2.59 bits per heavy atom. The molecule has 29 heavy (non-hydrogen) atoms. The molecule has 4 nitrogen and oxygen atoms in total. The van der Waals surface area contributed by atoms with Gasteiger partial charge in [0.25, 0.3) is 0 Å². The van der Waals surface area contributed by atoms with Crippen LogP contribution in [0.3, 0.4) is 0 Å². The van der Waals surface area contributed by atoms with Gasteiger partial charge in [-0.25, -0.2) is 18.8 Å². The van der Waals surface area contributed by atoms with Gasteiger partial charge >= 0.3 is 0 Å². The summed E-state index contributed by atoms with van der Waals surface area (Å²) >= 11 is 6.07. The van der Waals surface area contributed by atoms with Crippen molar-refractivity contribution in [2.75, 3.05) is 0 Å². The molecule has 1 aromatic heterocycles. The first-order valence-corrected chi connectivity index (χ1v) is 9.86. The van der Waals surface area contributed by atoms with Crippen molar-refractivity contribution < 1.29 is 8.78 Å². The second-order valence-corrected chi connectivity index (χ2v) is 8.40. The van der Waals surface area contributed by atoms with Gasteiger partial charge in [-0.2, -0.15) is 5.10 Å². The van der Waals surface area contributed by atoms with Crippen molar-refractivity contribution in [2.24, 2.45) is 15.4 Å². The number of aliphatic imine (C=N–C) groups is 2. The lowest BCUT2D eigenvalue weighted by Gasteiger charge is -2.38. The lowest BCUT2D eigenvalue weighted by Crippen LogP contribution is -2.37. The maximum atomic E-state index is 14.3. The molecule has 0 N–H and O–H groups in total. The van der Waals surface area contributed by atoms with E-state index in [9.17, 15) is 8.78 Å². The van der Waals surface area contributed by atoms with E-state index in [2.05, 4.69) is 40.7 Å². The zero-order valence-electron chi connectivity index (χ0n) is 16.5. The zero-order valence-corrected chi connectivity index (χ0v) is 17.3. The van der Waals surface area contributed by atoms with E-state index in [4.69, 9.17) is 11.6 Å². The van der Waals surface area contributed by atoms with Gasteiger partial charge in [0.15, 0.2) is 0 Å². The van der Waals surface area contributed by atoms with Crippen molar-refractivity contribution in [3.05, 3.63) is 58.9 Å². The molecule has 4 rings (SSSR count). The summed E-state index contributed by atoms with van der Waals surface area (Å²) in [4.78, 5) is 8.20. The van der Waals surface area contributed by atoms with E-state index in [1.807, 2.05) is 13.0 Å². The van der Waals surface area contributed by atoms with Crippen LogP contribution in [-0.2, 0) is 5.41 Å². The Labute approximate surface area is 173 Å². The van der Waals surface area contributed by atoms with Crippen LogP contribution >= 0.6 is 11.6 Å². The molecule has 0 amide bonds. The number of aromatic nitrogens is 2. The van der Waals surface area contributed by atoms with Crippen LogP contribution < -0.4 is 0 Å². The van der Waals surface area contributed by atoms with Gasteiger partial charge < -0.3 is 0 Å². The molecule has 1 fully saturated rings. The minimum Gasteiger partial charge on any atom is -0.234 e. The van der Waals surface area contributed by atoms with Crippen molar-refractivity contribution in [2.45, 2.75) is 44.9 Å². The normalized spacial score (nSPS) is 25.2. The van der Waals surface area contributed by atoms with Crippen LogP contribution in [0.2, 0.25) is 0 Å². The van der Waals surface area contributed by atoms with Gasteiger partial charge in [-0.1, -0.05) is 26.0 Å². The van der Waals surface area contributed by atoms with Crippen LogP contribution in [0.15, 0.2) is 46.0 Å². The van der Waals surface area contributed by atoms with Gasteiger partial charge in [0.1, 0.15) is 11.6 Å². The van der Waals surface area contributed by atoms with Crippen LogP contribution in [0.5, 0.6) is 0 Å². The van der Waals surface area contributed by atoms with Crippen molar-refractivity contribution in [3.63, 3.8) is 0 Å². The van der Waals surface area contributed by atoms with Crippen molar-refractivity contribution in [3.8, 4) is 11.3 Å². The quantitative estimate of drug-likeness (QED) is 0.363. The average Bonchev–Trinajstić information content (AvgIpc) is 3.07. The molecule has 1 heterocycles. The number of fused-ring (bicyclic) bond motifs is 5. The third kappa shape index (κ3) is 2.61. The van der Waals surface area contributed by atoms with E-state index in [1.54, 1.807) is 6.07 Å². The standard InChI is InChI=1S/C22H21ClF2N4/c1-5-17(27-20(23)26-4)22-10-9-13(21(22,2)3)12-11-16(28-29-19(12)22)18-14(24)7-6-8-15(18)25/h5-8,11,13H,4,9-10H2,1-3H3/b17-5-,27-20?/t13-,22-/m0/s1. The fourth-order valence-electron chi connectivity index (χ4n) is 5.30. The van der Waals surface area contributed by atoms with E-state index in [0.29, 0.717) is 0 Å². The molecule has 0 spiro atoms. The molecule has 0 aliphatic heterocycles. The maximum absolute atomic E-state index is 14.3. The van der Waals surface area contributed by atoms with Crippen molar-refractivity contribution >= 4 is 23.6 Å². The van der Waals surface area contributed by atoms with Gasteiger partial charge in [0.05, 0.1) is 28.1 Å². The van der Waals surface area contributed by atoms with Crippen molar-refractivity contribution in [1.29, 1.82) is 0 Å². The first kappa shape index (κ1) is 19.8. The molecule has 0 saturated heterocycles. The fraction of sp³-hybridized carbons (Fsp3) is 0.364. The molecule has 2 aliphatic rings. The summed E-state index contributed by atoms with van der Waals surface area (Å²) in [6.07, 6.45) is 3.67. The topological polar surface area (TPSA) is 50.5 Å². The summed E-state index contributed by atoms with van der Waals surface area (Å²) in [5, 5.41) is 8.77. The lowest BCUT2D eigenvalue weighted by atomic mass is 9.66. The van der Waals surface area contributed by atoms with Crippen LogP contribution in [-0.4, -0.2) is 22.2 Å². The maximum Gasteiger partial charge on any atom is 0.221 e. The number of hydrogen-bond donors (Lipinski definition) is 0. The summed E-state index contributed by atoms with van der Waals surface area (Å²) in [6.45, 7) is 9.68. The van der Waals surface area contributed by atoms with Crippen LogP contribution in [0.25, 0.3) is 11.3 Å². The Balaban J connectivity index is 1.93. The minimum atomic E-state index is -0.654. The predicted molar refractivity (Wildman–Crippen MR) is 111 cm³/mol. The van der Waals surface area contributed by atoms with Crippen LogP contribution in [0, 0.1) is 17.0 Å². The average molecular weight is 415 g/mol. The number of amidine groups is 1. The Morgan fingerprint density at radius 1 is 1.28 bits per heavy atom. The molecule has 7 heteroatoms. The highest BCUT2D eigenvalue weighted by molar-refractivity contribution is 6.65. The first-order valence-electron chi connectivity index (χ1n) is 9.48. The van der Waals surface area contributed by atoms with Gasteiger partial charge in [-0.05, 0) is 73.2 Å². The zero-order chi connectivity index (χ0) is 21.0. The van der Waals surface area contributed by atoms with E-state index < -0.39 is 17.0 Å². The number of hydrogen-bond acceptors (Lipinski definition) is 3. The fourth-order valence-corrected chi connectivity index (χ4v) is 5.39. The third-order valence-corrected chi connectivity index (χ3v) is 6.86. The molecule has 2 aliphatic carbocycles. The molecule has 0 unspecified atom stereocenters. The molecular weight excluding hydrogens is 394 g/mol. The smallest absolute Gasteiger partial charge is 0.221 e. The summed E-state index contributed by atoms with van der Waals surface area (Å²) in [7, 11) is 0. The summed E-state index contributed by atoms with van der Waals surface area (Å²) in [5.41, 5.74) is 1.86. The van der Waals surface area contributed by atoms with Crippen LogP contribution in [0.1, 0.15) is 50.8 Å². The second-order valence-electron chi connectivity index (χ2n) is 8.06. The van der Waals surface area contributed by atoms with E-state index in [0.717, 1.165) is 29.8 Å². The van der Waals surface area contributed by atoms with Gasteiger partial charge in [-0.15, -0.1) is 5.10 Å². The predicted octanol–water partition coefficient (Wildman–Crippen LogP) is 5.78. The highest BCUT2D eigenvalue weighted by Gasteiger charge is 2.65. The van der Waals surface area contributed by atoms with Crippen molar-refractivity contribution in [1.82, 2.24) is 10.2 Å². The minimum absolute atomic E-state index is 0.0678. The number of rotatable bonds is 3. The van der Waals surface area contributed by atoms with Gasteiger partial charge in [-0.3, -0.25) is 0 Å². The molecule has 2 atom stereocenters. The molecule has 0 radical (unpaired) electrons. The number of nitrogens with zero attached hydrogens (tertiary/aromatic N) is 4. The van der Waals surface area contributed by atoms with E-state index in [-0.39, 0.29) is 27.9 Å². The molecule has 1 saturated carbocycles. The van der Waals surface area contributed by atoms with Gasteiger partial charge in [0, 0.05) is 0 Å². The van der Waals surface area contributed by atoms with E-state index in [1.165, 1.54) is 18.2 Å². The number of halogens is 3. The highest BCUT2D eigenvalue weighted by atomic mass is 35.5. The Morgan fingerprint density at radius 2 is 1.97 bits per heavy atom. The molecular formula is C22H21ClF2N4. The molecule has 2 aromatic rings. The second kappa shape index (κ2) is 6.80. The molecule has 2 bridgehead atoms. The Bertz CT molecular complexity index is 1060. The number of allylic oxidation sites excluding steroid dienone is 2. The lowest BCUT2D eigenvalue weighted by molar-refractivity contribution is 0.241. The monoisotopic (exact) mass is 414 g/mol. The SMILES string of the molecule is C=NC(Cl)=N/C(=C\C)[C@@]12CC[C@@H](c3cc(-c4c(F)cccc4F)nnc31)C2(C)C. The first-order chi connectivity index (χ1) is 13.8. The third-order valence-electron chi connectivity index (χ3n) is 6.65. The van der Waals surface area contributed by atoms with E-state index >= 15 is 0 Å². The molecule has 150 valence electrons. The van der Waals surface area contributed by atoms with Gasteiger partial charge in [0.2, 0.25) is 5.29 Å².